The van der Waals surface area contributed by atoms with Crippen LogP contribution in [0.15, 0.2) is 59.3 Å². The van der Waals surface area contributed by atoms with E-state index in [9.17, 15) is 4.79 Å². The first kappa shape index (κ1) is 15.9. The summed E-state index contributed by atoms with van der Waals surface area (Å²) in [5, 5.41) is 0. The third-order valence-corrected chi connectivity index (χ3v) is 6.30. The van der Waals surface area contributed by atoms with Crippen molar-refractivity contribution in [3.8, 4) is 0 Å². The summed E-state index contributed by atoms with van der Waals surface area (Å²) >= 11 is 0. The van der Waals surface area contributed by atoms with E-state index in [1.807, 2.05) is 0 Å². The molecule has 2 unspecified atom stereocenters. The number of ketones is 1. The van der Waals surface area contributed by atoms with Gasteiger partial charge >= 0.3 is 0 Å². The number of hydrogen-bond donors (Lipinski definition) is 0. The summed E-state index contributed by atoms with van der Waals surface area (Å²) in [7, 11) is 0. The van der Waals surface area contributed by atoms with Crippen molar-refractivity contribution in [1.29, 1.82) is 0 Å². The first-order valence-corrected chi connectivity index (χ1v) is 9.76. The van der Waals surface area contributed by atoms with Crippen molar-refractivity contribution in [1.82, 2.24) is 0 Å². The van der Waals surface area contributed by atoms with Crippen molar-refractivity contribution in [2.75, 3.05) is 0 Å². The minimum Gasteiger partial charge on any atom is -0.299 e. The van der Waals surface area contributed by atoms with E-state index >= 15 is 0 Å². The van der Waals surface area contributed by atoms with Gasteiger partial charge in [0.05, 0.1) is 0 Å². The Morgan fingerprint density at radius 1 is 0.958 bits per heavy atom. The fourth-order valence-electron chi connectivity index (χ4n) is 4.92. The third-order valence-electron chi connectivity index (χ3n) is 6.30. The van der Waals surface area contributed by atoms with Gasteiger partial charge in [-0.2, -0.15) is 0 Å². The summed E-state index contributed by atoms with van der Waals surface area (Å²) in [6.07, 6.45) is 26.0. The maximum absolute atomic E-state index is 13.1. The largest absolute Gasteiger partial charge is 0.299 e. The van der Waals surface area contributed by atoms with Crippen molar-refractivity contribution >= 4 is 5.78 Å². The second kappa shape index (κ2) is 7.09. The van der Waals surface area contributed by atoms with E-state index in [1.54, 1.807) is 0 Å². The Balaban J connectivity index is 1.50. The molecular weight excluding hydrogens is 292 g/mol. The molecule has 1 fully saturated rings. The smallest absolute Gasteiger partial charge is 0.140 e. The number of allylic oxidation sites excluding steroid dienone is 10. The van der Waals surface area contributed by atoms with Gasteiger partial charge in [-0.15, -0.1) is 0 Å². The van der Waals surface area contributed by atoms with Crippen molar-refractivity contribution in [2.45, 2.75) is 57.8 Å². The monoisotopic (exact) mass is 320 g/mol. The van der Waals surface area contributed by atoms with E-state index in [2.05, 4.69) is 42.5 Å². The topological polar surface area (TPSA) is 17.1 Å². The number of carbonyl (C=O) groups is 1. The van der Waals surface area contributed by atoms with E-state index in [4.69, 9.17) is 0 Å². The first-order chi connectivity index (χ1) is 11.8. The molecule has 0 aromatic heterocycles. The van der Waals surface area contributed by atoms with Crippen LogP contribution in [0.5, 0.6) is 0 Å². The van der Waals surface area contributed by atoms with Crippen LogP contribution in [0.1, 0.15) is 57.8 Å². The summed E-state index contributed by atoms with van der Waals surface area (Å²) in [6.45, 7) is 0. The molecule has 1 nitrogen and oxygen atoms in total. The molecule has 0 aromatic rings. The van der Waals surface area contributed by atoms with Gasteiger partial charge < -0.3 is 0 Å². The molecule has 4 aliphatic carbocycles. The minimum atomic E-state index is 0.120. The average molecular weight is 320 g/mol. The van der Waals surface area contributed by atoms with Gasteiger partial charge in [-0.05, 0) is 42.2 Å². The van der Waals surface area contributed by atoms with Gasteiger partial charge in [0.25, 0.3) is 0 Å². The molecule has 0 spiro atoms. The molecular formula is C23H28O. The summed E-state index contributed by atoms with van der Waals surface area (Å²) in [5.41, 5.74) is 4.33. The summed E-state index contributed by atoms with van der Waals surface area (Å²) in [6, 6.07) is 0. The van der Waals surface area contributed by atoms with Crippen LogP contribution in [0.25, 0.3) is 0 Å². The van der Waals surface area contributed by atoms with Gasteiger partial charge in [0.15, 0.2) is 0 Å². The molecule has 0 aromatic carbocycles. The van der Waals surface area contributed by atoms with E-state index in [-0.39, 0.29) is 5.92 Å². The van der Waals surface area contributed by atoms with Gasteiger partial charge in [-0.3, -0.25) is 4.79 Å². The maximum atomic E-state index is 13.1. The Labute approximate surface area is 145 Å². The van der Waals surface area contributed by atoms with Crippen LogP contribution in [0.2, 0.25) is 0 Å². The summed E-state index contributed by atoms with van der Waals surface area (Å²) < 4.78 is 0. The van der Waals surface area contributed by atoms with Crippen molar-refractivity contribution in [3.63, 3.8) is 0 Å². The molecule has 0 heterocycles. The Bertz CT molecular complexity index is 650. The zero-order valence-corrected chi connectivity index (χ0v) is 14.5. The Hall–Kier alpha value is -1.63. The molecule has 24 heavy (non-hydrogen) atoms. The fourth-order valence-corrected chi connectivity index (χ4v) is 4.92. The zero-order chi connectivity index (χ0) is 16.4. The number of hydrogen-bond acceptors (Lipinski definition) is 1. The van der Waals surface area contributed by atoms with E-state index < -0.39 is 0 Å². The van der Waals surface area contributed by atoms with Gasteiger partial charge in [-0.1, -0.05) is 80.2 Å². The molecule has 1 saturated carbocycles. The molecule has 4 rings (SSSR count). The second-order valence-corrected chi connectivity index (χ2v) is 7.90. The molecule has 0 saturated heterocycles. The van der Waals surface area contributed by atoms with Gasteiger partial charge in [0, 0.05) is 12.3 Å². The predicted molar refractivity (Wildman–Crippen MR) is 99.6 cm³/mol. The molecule has 1 heteroatoms. The van der Waals surface area contributed by atoms with Crippen molar-refractivity contribution in [3.05, 3.63) is 59.3 Å². The highest BCUT2D eigenvalue weighted by Crippen LogP contribution is 2.44. The van der Waals surface area contributed by atoms with Crippen LogP contribution in [-0.2, 0) is 4.79 Å². The number of rotatable bonds is 5. The molecule has 2 atom stereocenters. The molecule has 126 valence electrons. The highest BCUT2D eigenvalue weighted by Gasteiger charge is 2.36. The summed E-state index contributed by atoms with van der Waals surface area (Å²) in [4.78, 5) is 13.1. The van der Waals surface area contributed by atoms with Crippen molar-refractivity contribution < 1.29 is 4.79 Å². The quantitative estimate of drug-likeness (QED) is 0.620. The van der Waals surface area contributed by atoms with Crippen LogP contribution in [0.4, 0.5) is 0 Å². The Morgan fingerprint density at radius 2 is 1.75 bits per heavy atom. The first-order valence-electron chi connectivity index (χ1n) is 9.76. The minimum absolute atomic E-state index is 0.120. The predicted octanol–water partition coefficient (Wildman–Crippen LogP) is 5.86. The van der Waals surface area contributed by atoms with Crippen molar-refractivity contribution in [2.24, 2.45) is 17.8 Å². The zero-order valence-electron chi connectivity index (χ0n) is 14.5. The van der Waals surface area contributed by atoms with Crippen LogP contribution in [0, 0.1) is 17.8 Å². The molecule has 0 N–H and O–H groups in total. The Kier molecular flexibility index (Phi) is 4.69. The van der Waals surface area contributed by atoms with Crippen LogP contribution in [-0.4, -0.2) is 5.78 Å². The van der Waals surface area contributed by atoms with Crippen LogP contribution >= 0.6 is 0 Å². The van der Waals surface area contributed by atoms with Crippen LogP contribution in [0.3, 0.4) is 0 Å². The average Bonchev–Trinajstić information content (AvgIpc) is 3.35. The molecule has 0 aliphatic heterocycles. The van der Waals surface area contributed by atoms with Crippen LogP contribution < -0.4 is 0 Å². The lowest BCUT2D eigenvalue weighted by molar-refractivity contribution is -0.123. The number of carbonyl (C=O) groups excluding carboxylic acids is 1. The standard InChI is InChI=1S/C23H28O/c24-23(14-17-8-2-1-3-9-17)22-16-20(18-10-4-5-11-18)15-21(22)19-12-6-7-13-19/h4-7,10,12,16-17,21-22H,1-3,8-9,11,13-15H2. The summed E-state index contributed by atoms with van der Waals surface area (Å²) in [5.74, 6) is 1.68. The fraction of sp³-hybridized carbons (Fsp3) is 0.522. The number of Topliss-reactive ketones (excluding diaryl/α,β-unsaturated/α-hetero) is 1. The lowest BCUT2D eigenvalue weighted by atomic mass is 9.79. The normalized spacial score (nSPS) is 29.8. The molecule has 0 amide bonds. The Morgan fingerprint density at radius 3 is 2.46 bits per heavy atom. The maximum Gasteiger partial charge on any atom is 0.140 e. The highest BCUT2D eigenvalue weighted by atomic mass is 16.1. The lowest BCUT2D eigenvalue weighted by Crippen LogP contribution is -2.23. The van der Waals surface area contributed by atoms with E-state index in [0.717, 1.165) is 25.7 Å². The van der Waals surface area contributed by atoms with E-state index in [1.165, 1.54) is 48.8 Å². The third kappa shape index (κ3) is 3.27. The molecule has 0 bridgehead atoms. The van der Waals surface area contributed by atoms with E-state index in [0.29, 0.717) is 17.6 Å². The van der Waals surface area contributed by atoms with Gasteiger partial charge in [0.2, 0.25) is 0 Å². The second-order valence-electron chi connectivity index (χ2n) is 7.90. The van der Waals surface area contributed by atoms with Gasteiger partial charge in [-0.25, -0.2) is 0 Å². The molecule has 4 aliphatic rings. The highest BCUT2D eigenvalue weighted by molar-refractivity contribution is 5.85. The van der Waals surface area contributed by atoms with Gasteiger partial charge in [0.1, 0.15) is 5.78 Å². The SMILES string of the molecule is O=C(CC1CCCCC1)C1C=C(C2=CC=CC2)CC1C1=CC=CC1. The lowest BCUT2D eigenvalue weighted by Gasteiger charge is -2.25. The molecule has 0 radical (unpaired) electrons.